The normalized spacial score (nSPS) is 11.3. The van der Waals surface area contributed by atoms with Gasteiger partial charge in [-0.2, -0.15) is 0 Å². The number of nitrogens with one attached hydrogen (secondary N) is 1. The number of hydrogen-bond acceptors (Lipinski definition) is 4. The van der Waals surface area contributed by atoms with Gasteiger partial charge in [0.15, 0.2) is 0 Å². The van der Waals surface area contributed by atoms with E-state index in [1.165, 1.54) is 13.1 Å². The van der Waals surface area contributed by atoms with Crippen LogP contribution in [0, 0.1) is 0 Å². The van der Waals surface area contributed by atoms with Crippen molar-refractivity contribution in [1.82, 2.24) is 0 Å². The number of benzene rings is 2. The summed E-state index contributed by atoms with van der Waals surface area (Å²) in [5, 5.41) is 2.71. The van der Waals surface area contributed by atoms with Gasteiger partial charge in [0.2, 0.25) is 15.9 Å². The van der Waals surface area contributed by atoms with Gasteiger partial charge in [0.1, 0.15) is 5.75 Å². The molecule has 0 bridgehead atoms. The molecular formula is C18H20N2O4S. The van der Waals surface area contributed by atoms with Crippen LogP contribution in [0.5, 0.6) is 5.75 Å². The van der Waals surface area contributed by atoms with Gasteiger partial charge < -0.3 is 10.1 Å². The number of sulfonamides is 1. The minimum Gasteiger partial charge on any atom is -0.497 e. The van der Waals surface area contributed by atoms with Gasteiger partial charge in [-0.1, -0.05) is 18.2 Å². The number of anilines is 2. The molecule has 0 aliphatic heterocycles. The first-order valence-electron chi connectivity index (χ1n) is 7.46. The summed E-state index contributed by atoms with van der Waals surface area (Å²) in [7, 11) is -0.308. The first kappa shape index (κ1) is 18.5. The second-order valence-corrected chi connectivity index (χ2v) is 7.39. The van der Waals surface area contributed by atoms with Crippen molar-refractivity contribution < 1.29 is 17.9 Å². The fourth-order valence-electron chi connectivity index (χ4n) is 2.04. The van der Waals surface area contributed by atoms with E-state index in [1.54, 1.807) is 37.5 Å². The molecule has 7 heteroatoms. The van der Waals surface area contributed by atoms with E-state index in [0.717, 1.165) is 21.9 Å². The van der Waals surface area contributed by atoms with Crippen LogP contribution in [-0.2, 0) is 14.8 Å². The first-order valence-corrected chi connectivity index (χ1v) is 9.31. The summed E-state index contributed by atoms with van der Waals surface area (Å²) in [6.07, 6.45) is 4.21. The molecule has 0 fully saturated rings. The summed E-state index contributed by atoms with van der Waals surface area (Å²) in [6, 6.07) is 13.9. The topological polar surface area (TPSA) is 75.7 Å². The molecule has 2 aromatic rings. The molecule has 0 aliphatic rings. The van der Waals surface area contributed by atoms with E-state index in [1.807, 2.05) is 24.3 Å². The lowest BCUT2D eigenvalue weighted by Gasteiger charge is -2.17. The zero-order chi connectivity index (χ0) is 18.4. The standard InChI is InChI=1S/C18H20N2O4S/c1-20(25(3,22)23)16-6-4-5-15(13-16)19-18(21)12-9-14-7-10-17(24-2)11-8-14/h4-13H,1-3H3,(H,19,21)/b12-9+. The molecule has 25 heavy (non-hydrogen) atoms. The monoisotopic (exact) mass is 360 g/mol. The van der Waals surface area contributed by atoms with Crippen molar-refractivity contribution in [2.45, 2.75) is 0 Å². The van der Waals surface area contributed by atoms with Gasteiger partial charge in [-0.05, 0) is 42.0 Å². The molecule has 2 rings (SSSR count). The van der Waals surface area contributed by atoms with Gasteiger partial charge >= 0.3 is 0 Å². The van der Waals surface area contributed by atoms with Crippen LogP contribution < -0.4 is 14.4 Å². The van der Waals surface area contributed by atoms with E-state index in [9.17, 15) is 13.2 Å². The number of ether oxygens (including phenoxy) is 1. The summed E-state index contributed by atoms with van der Waals surface area (Å²) in [5.41, 5.74) is 1.85. The molecule has 0 saturated carbocycles. The maximum atomic E-state index is 12.0. The van der Waals surface area contributed by atoms with Crippen LogP contribution in [0.1, 0.15) is 5.56 Å². The largest absolute Gasteiger partial charge is 0.497 e. The Morgan fingerprint density at radius 1 is 1.16 bits per heavy atom. The fraction of sp³-hybridized carbons (Fsp3) is 0.167. The first-order chi connectivity index (χ1) is 11.8. The average molecular weight is 360 g/mol. The van der Waals surface area contributed by atoms with Crippen molar-refractivity contribution in [1.29, 1.82) is 0 Å². The van der Waals surface area contributed by atoms with E-state index in [-0.39, 0.29) is 5.91 Å². The van der Waals surface area contributed by atoms with Crippen molar-refractivity contribution in [2.75, 3.05) is 30.0 Å². The lowest BCUT2D eigenvalue weighted by Crippen LogP contribution is -2.24. The fourth-order valence-corrected chi connectivity index (χ4v) is 2.54. The summed E-state index contributed by atoms with van der Waals surface area (Å²) in [4.78, 5) is 12.0. The minimum absolute atomic E-state index is 0.310. The van der Waals surface area contributed by atoms with Crippen LogP contribution in [-0.4, -0.2) is 34.7 Å². The quantitative estimate of drug-likeness (QED) is 0.804. The van der Waals surface area contributed by atoms with Crippen molar-refractivity contribution in [3.63, 3.8) is 0 Å². The van der Waals surface area contributed by atoms with E-state index >= 15 is 0 Å². The van der Waals surface area contributed by atoms with Crippen LogP contribution in [0.15, 0.2) is 54.6 Å². The number of hydrogen-bond donors (Lipinski definition) is 1. The highest BCUT2D eigenvalue weighted by atomic mass is 32.2. The van der Waals surface area contributed by atoms with Crippen LogP contribution in [0.2, 0.25) is 0 Å². The Bertz CT molecular complexity index is 874. The van der Waals surface area contributed by atoms with Crippen LogP contribution in [0.4, 0.5) is 11.4 Å². The lowest BCUT2D eigenvalue weighted by atomic mass is 10.2. The second kappa shape index (κ2) is 7.85. The van der Waals surface area contributed by atoms with Gasteiger partial charge in [-0.15, -0.1) is 0 Å². The summed E-state index contributed by atoms with van der Waals surface area (Å²) in [5.74, 6) is 0.434. The maximum absolute atomic E-state index is 12.0. The summed E-state index contributed by atoms with van der Waals surface area (Å²) >= 11 is 0. The number of carbonyl (C=O) groups excluding carboxylic acids is 1. The number of carbonyl (C=O) groups is 1. The molecule has 0 saturated heterocycles. The number of nitrogens with zero attached hydrogens (tertiary/aromatic N) is 1. The molecule has 0 spiro atoms. The number of methoxy groups -OCH3 is 1. The van der Waals surface area contributed by atoms with Crippen LogP contribution >= 0.6 is 0 Å². The van der Waals surface area contributed by atoms with E-state index in [2.05, 4.69) is 5.32 Å². The van der Waals surface area contributed by atoms with Crippen molar-refractivity contribution in [2.24, 2.45) is 0 Å². The Hall–Kier alpha value is -2.80. The zero-order valence-corrected chi connectivity index (χ0v) is 15.1. The Morgan fingerprint density at radius 3 is 2.44 bits per heavy atom. The highest BCUT2D eigenvalue weighted by molar-refractivity contribution is 7.92. The minimum atomic E-state index is -3.36. The summed E-state index contributed by atoms with van der Waals surface area (Å²) < 4.78 is 29.4. The highest BCUT2D eigenvalue weighted by Crippen LogP contribution is 2.20. The number of rotatable bonds is 6. The molecule has 6 nitrogen and oxygen atoms in total. The third-order valence-corrected chi connectivity index (χ3v) is 4.72. The van der Waals surface area contributed by atoms with Gasteiger partial charge in [-0.25, -0.2) is 8.42 Å². The molecule has 0 atom stereocenters. The molecule has 0 radical (unpaired) electrons. The van der Waals surface area contributed by atoms with Gasteiger partial charge in [0, 0.05) is 18.8 Å². The third kappa shape index (κ3) is 5.36. The van der Waals surface area contributed by atoms with Crippen molar-refractivity contribution in [3.8, 4) is 5.75 Å². The third-order valence-electron chi connectivity index (χ3n) is 3.52. The van der Waals surface area contributed by atoms with Gasteiger partial charge in [0.05, 0.1) is 19.1 Å². The van der Waals surface area contributed by atoms with Crippen molar-refractivity contribution in [3.05, 3.63) is 60.2 Å². The van der Waals surface area contributed by atoms with Crippen LogP contribution in [0.25, 0.3) is 6.08 Å². The lowest BCUT2D eigenvalue weighted by molar-refractivity contribution is -0.111. The van der Waals surface area contributed by atoms with Crippen molar-refractivity contribution >= 4 is 33.4 Å². The van der Waals surface area contributed by atoms with Gasteiger partial charge in [-0.3, -0.25) is 9.10 Å². The molecule has 0 heterocycles. The Balaban J connectivity index is 2.06. The summed E-state index contributed by atoms with van der Waals surface area (Å²) in [6.45, 7) is 0. The van der Waals surface area contributed by atoms with Gasteiger partial charge in [0.25, 0.3) is 0 Å². The average Bonchev–Trinajstić information content (AvgIpc) is 2.59. The van der Waals surface area contributed by atoms with E-state index < -0.39 is 10.0 Å². The van der Waals surface area contributed by atoms with E-state index in [0.29, 0.717) is 11.4 Å². The molecule has 0 aromatic heterocycles. The second-order valence-electron chi connectivity index (χ2n) is 5.38. The molecule has 132 valence electrons. The predicted molar refractivity (Wildman–Crippen MR) is 100 cm³/mol. The smallest absolute Gasteiger partial charge is 0.248 e. The molecule has 1 amide bonds. The Labute approximate surface area is 147 Å². The number of amides is 1. The molecular weight excluding hydrogens is 340 g/mol. The SMILES string of the molecule is COc1ccc(/C=C/C(=O)Nc2cccc(N(C)S(C)(=O)=O)c2)cc1. The Morgan fingerprint density at radius 2 is 1.84 bits per heavy atom. The van der Waals surface area contributed by atoms with Crippen LogP contribution in [0.3, 0.4) is 0 Å². The highest BCUT2D eigenvalue weighted by Gasteiger charge is 2.12. The Kier molecular flexibility index (Phi) is 5.82. The maximum Gasteiger partial charge on any atom is 0.248 e. The molecule has 1 N–H and O–H groups in total. The molecule has 2 aromatic carbocycles. The molecule has 0 unspecified atom stereocenters. The molecule has 0 aliphatic carbocycles. The predicted octanol–water partition coefficient (Wildman–Crippen LogP) is 2.74. The van der Waals surface area contributed by atoms with E-state index in [4.69, 9.17) is 4.74 Å². The zero-order valence-electron chi connectivity index (χ0n) is 14.3.